The summed E-state index contributed by atoms with van der Waals surface area (Å²) in [6.07, 6.45) is 2.09. The van der Waals surface area contributed by atoms with Crippen LogP contribution in [0.25, 0.3) is 0 Å². The number of carbonyl (C=O) groups is 1. The lowest BCUT2D eigenvalue weighted by molar-refractivity contribution is -0.140. The molecule has 0 N–H and O–H groups in total. The molecule has 0 radical (unpaired) electrons. The first-order valence-electron chi connectivity index (χ1n) is 6.43. The molecule has 18 heavy (non-hydrogen) atoms. The highest BCUT2D eigenvalue weighted by atomic mass is 16.5. The van der Waals surface area contributed by atoms with Crippen LogP contribution in [0.3, 0.4) is 0 Å². The van der Waals surface area contributed by atoms with E-state index in [1.54, 1.807) is 7.11 Å². The number of methoxy groups -OCH3 is 2. The van der Waals surface area contributed by atoms with Crippen molar-refractivity contribution in [2.75, 3.05) is 14.2 Å². The average Bonchev–Trinajstić information content (AvgIpc) is 2.46. The van der Waals surface area contributed by atoms with Crippen LogP contribution in [0.2, 0.25) is 0 Å². The standard InChI is InChI=1S/C13H18O3.C2H6/c1-4-10-9-12(15-2)7-5-11(10)6-8-13(14)16-3;1-2/h5,7,9H,4,6,8H2,1-3H3;1-2H3. The van der Waals surface area contributed by atoms with Crippen LogP contribution in [0.4, 0.5) is 0 Å². The third-order valence-corrected chi connectivity index (χ3v) is 2.62. The minimum atomic E-state index is -0.169. The molecule has 1 aromatic rings. The Balaban J connectivity index is 0.00000137. The lowest BCUT2D eigenvalue weighted by Crippen LogP contribution is -2.03. The van der Waals surface area contributed by atoms with Gasteiger partial charge in [-0.15, -0.1) is 0 Å². The second-order valence-corrected chi connectivity index (χ2v) is 3.56. The van der Waals surface area contributed by atoms with E-state index in [1.807, 2.05) is 32.0 Å². The van der Waals surface area contributed by atoms with E-state index >= 15 is 0 Å². The van der Waals surface area contributed by atoms with E-state index < -0.39 is 0 Å². The Morgan fingerprint density at radius 2 is 1.83 bits per heavy atom. The minimum Gasteiger partial charge on any atom is -0.497 e. The Bertz CT molecular complexity index is 359. The summed E-state index contributed by atoms with van der Waals surface area (Å²) in [5, 5.41) is 0. The number of aryl methyl sites for hydroxylation is 2. The summed E-state index contributed by atoms with van der Waals surface area (Å²) in [5.74, 6) is 0.691. The fourth-order valence-corrected chi connectivity index (χ4v) is 1.64. The smallest absolute Gasteiger partial charge is 0.305 e. The van der Waals surface area contributed by atoms with Gasteiger partial charge in [-0.05, 0) is 36.1 Å². The zero-order valence-electron chi connectivity index (χ0n) is 12.1. The monoisotopic (exact) mass is 252 g/mol. The largest absolute Gasteiger partial charge is 0.497 e. The van der Waals surface area contributed by atoms with E-state index in [0.717, 1.165) is 18.6 Å². The number of hydrogen-bond donors (Lipinski definition) is 0. The van der Waals surface area contributed by atoms with Crippen LogP contribution in [0.1, 0.15) is 38.3 Å². The van der Waals surface area contributed by atoms with E-state index in [9.17, 15) is 4.79 Å². The lowest BCUT2D eigenvalue weighted by atomic mass is 10.0. The van der Waals surface area contributed by atoms with Crippen molar-refractivity contribution in [1.29, 1.82) is 0 Å². The molecule has 102 valence electrons. The summed E-state index contributed by atoms with van der Waals surface area (Å²) in [7, 11) is 3.07. The van der Waals surface area contributed by atoms with Crippen LogP contribution in [0.5, 0.6) is 5.75 Å². The molecular weight excluding hydrogens is 228 g/mol. The molecule has 0 fully saturated rings. The molecule has 0 saturated carbocycles. The Morgan fingerprint density at radius 1 is 1.17 bits per heavy atom. The Labute approximate surface area is 110 Å². The molecule has 3 heteroatoms. The van der Waals surface area contributed by atoms with E-state index in [4.69, 9.17) is 4.74 Å². The van der Waals surface area contributed by atoms with Gasteiger partial charge in [0.2, 0.25) is 0 Å². The quantitative estimate of drug-likeness (QED) is 0.753. The number of ether oxygens (including phenoxy) is 2. The Hall–Kier alpha value is -1.51. The predicted octanol–water partition coefficient (Wildman–Crippen LogP) is 3.39. The van der Waals surface area contributed by atoms with Crippen molar-refractivity contribution in [2.24, 2.45) is 0 Å². The van der Waals surface area contributed by atoms with Gasteiger partial charge < -0.3 is 9.47 Å². The second kappa shape index (κ2) is 9.51. The lowest BCUT2D eigenvalue weighted by Gasteiger charge is -2.09. The zero-order valence-corrected chi connectivity index (χ0v) is 12.1. The van der Waals surface area contributed by atoms with Crippen LogP contribution >= 0.6 is 0 Å². The zero-order chi connectivity index (χ0) is 14.0. The molecule has 0 heterocycles. The van der Waals surface area contributed by atoms with Gasteiger partial charge in [-0.3, -0.25) is 4.79 Å². The van der Waals surface area contributed by atoms with Crippen molar-refractivity contribution in [3.05, 3.63) is 29.3 Å². The van der Waals surface area contributed by atoms with Crippen molar-refractivity contribution in [1.82, 2.24) is 0 Å². The first kappa shape index (κ1) is 16.5. The van der Waals surface area contributed by atoms with Crippen LogP contribution in [0, 0.1) is 0 Å². The molecule has 0 aliphatic rings. The summed E-state index contributed by atoms with van der Waals surface area (Å²) < 4.78 is 9.79. The SMILES string of the molecule is CC.CCc1cc(OC)ccc1CCC(=O)OC. The van der Waals surface area contributed by atoms with Gasteiger partial charge in [0.05, 0.1) is 14.2 Å². The van der Waals surface area contributed by atoms with E-state index in [-0.39, 0.29) is 5.97 Å². The maximum Gasteiger partial charge on any atom is 0.305 e. The fraction of sp³-hybridized carbons (Fsp3) is 0.533. The molecule has 0 amide bonds. The Kier molecular flexibility index (Phi) is 8.71. The summed E-state index contributed by atoms with van der Waals surface area (Å²) in [6, 6.07) is 5.96. The van der Waals surface area contributed by atoms with Crippen molar-refractivity contribution >= 4 is 5.97 Å². The number of hydrogen-bond acceptors (Lipinski definition) is 3. The highest BCUT2D eigenvalue weighted by molar-refractivity contribution is 5.69. The molecule has 0 spiro atoms. The van der Waals surface area contributed by atoms with Crippen molar-refractivity contribution in [2.45, 2.75) is 40.0 Å². The van der Waals surface area contributed by atoms with Crippen molar-refractivity contribution in [3.8, 4) is 5.75 Å². The van der Waals surface area contributed by atoms with E-state index in [2.05, 4.69) is 11.7 Å². The maximum atomic E-state index is 11.1. The molecule has 0 saturated heterocycles. The molecule has 0 aromatic heterocycles. The summed E-state index contributed by atoms with van der Waals surface area (Å²) in [4.78, 5) is 11.1. The highest BCUT2D eigenvalue weighted by Crippen LogP contribution is 2.19. The van der Waals surface area contributed by atoms with Crippen LogP contribution < -0.4 is 4.74 Å². The first-order valence-corrected chi connectivity index (χ1v) is 6.43. The molecule has 0 aliphatic carbocycles. The van der Waals surface area contributed by atoms with Gasteiger partial charge in [-0.2, -0.15) is 0 Å². The predicted molar refractivity (Wildman–Crippen MR) is 74.1 cm³/mol. The molecule has 0 atom stereocenters. The maximum absolute atomic E-state index is 11.1. The molecule has 0 bridgehead atoms. The Morgan fingerprint density at radius 3 is 2.33 bits per heavy atom. The van der Waals surface area contributed by atoms with E-state index in [0.29, 0.717) is 6.42 Å². The van der Waals surface area contributed by atoms with Gasteiger partial charge in [0.1, 0.15) is 5.75 Å². The number of benzene rings is 1. The molecule has 1 aromatic carbocycles. The molecular formula is C15H24O3. The highest BCUT2D eigenvalue weighted by Gasteiger charge is 2.06. The van der Waals surface area contributed by atoms with Crippen LogP contribution in [0.15, 0.2) is 18.2 Å². The van der Waals surface area contributed by atoms with Gasteiger partial charge in [0.25, 0.3) is 0 Å². The minimum absolute atomic E-state index is 0.169. The fourth-order valence-electron chi connectivity index (χ4n) is 1.64. The number of carbonyl (C=O) groups excluding carboxylic acids is 1. The summed E-state index contributed by atoms with van der Waals surface area (Å²) in [6.45, 7) is 6.09. The molecule has 1 rings (SSSR count). The van der Waals surface area contributed by atoms with Crippen LogP contribution in [-0.2, 0) is 22.4 Å². The van der Waals surface area contributed by atoms with Gasteiger partial charge >= 0.3 is 5.97 Å². The second-order valence-electron chi connectivity index (χ2n) is 3.56. The molecule has 0 aliphatic heterocycles. The number of esters is 1. The third kappa shape index (κ3) is 5.21. The van der Waals surface area contributed by atoms with Gasteiger partial charge in [0.15, 0.2) is 0 Å². The third-order valence-electron chi connectivity index (χ3n) is 2.62. The van der Waals surface area contributed by atoms with Gasteiger partial charge in [-0.25, -0.2) is 0 Å². The molecule has 0 unspecified atom stereocenters. The van der Waals surface area contributed by atoms with Crippen LogP contribution in [-0.4, -0.2) is 20.2 Å². The average molecular weight is 252 g/mol. The van der Waals surface area contributed by atoms with E-state index in [1.165, 1.54) is 18.2 Å². The van der Waals surface area contributed by atoms with Crippen molar-refractivity contribution in [3.63, 3.8) is 0 Å². The normalized spacial score (nSPS) is 9.17. The first-order chi connectivity index (χ1) is 8.71. The number of rotatable bonds is 5. The molecule has 3 nitrogen and oxygen atoms in total. The summed E-state index contributed by atoms with van der Waals surface area (Å²) >= 11 is 0. The van der Waals surface area contributed by atoms with Crippen molar-refractivity contribution < 1.29 is 14.3 Å². The van der Waals surface area contributed by atoms with Gasteiger partial charge in [0, 0.05) is 6.42 Å². The summed E-state index contributed by atoms with van der Waals surface area (Å²) in [5.41, 5.74) is 2.41. The van der Waals surface area contributed by atoms with Gasteiger partial charge in [-0.1, -0.05) is 26.8 Å². The topological polar surface area (TPSA) is 35.5 Å².